The predicted molar refractivity (Wildman–Crippen MR) is 158 cm³/mol. The molecule has 2 heterocycles. The summed E-state index contributed by atoms with van der Waals surface area (Å²) in [7, 11) is -2.58. The van der Waals surface area contributed by atoms with Gasteiger partial charge in [0.15, 0.2) is 16.9 Å². The molecule has 1 aliphatic heterocycles. The van der Waals surface area contributed by atoms with E-state index < -0.39 is 16.0 Å². The number of piperidine rings is 1. The zero-order valence-corrected chi connectivity index (χ0v) is 25.5. The molecule has 0 atom stereocenters. The Bertz CT molecular complexity index is 1480. The molecule has 2 aromatic carbocycles. The van der Waals surface area contributed by atoms with Crippen molar-refractivity contribution >= 4 is 78.4 Å². The normalized spacial score (nSPS) is 14.2. The Kier molecular flexibility index (Phi) is 9.95. The van der Waals surface area contributed by atoms with E-state index in [0.29, 0.717) is 63.4 Å². The Morgan fingerprint density at radius 1 is 1.18 bits per heavy atom. The number of esters is 1. The monoisotopic (exact) mass is 674 g/mol. The van der Waals surface area contributed by atoms with E-state index in [-0.39, 0.29) is 34.1 Å². The number of ether oxygens (including phenoxy) is 2. The number of halogens is 3. The van der Waals surface area contributed by atoms with Gasteiger partial charge in [0.2, 0.25) is 10.0 Å². The Hall–Kier alpha value is -2.15. The zero-order valence-electron chi connectivity index (χ0n) is 20.8. The van der Waals surface area contributed by atoms with E-state index in [0.717, 1.165) is 11.3 Å². The Morgan fingerprint density at radius 2 is 1.92 bits per heavy atom. The molecule has 1 N–H and O–H groups in total. The standard InChI is InChI=1S/C26H25BrCl2N2O6S2/c1-36-26(33)25-23(37-12-11-32)22(27)24(38-25)17-3-2-4-19(14-17)31(18-7-9-30-10-8-18)39(34,35)15-16-5-6-20(28)21(29)13-16/h2-6,11,13-14,18,30H,7-10,12,15H2,1H3. The summed E-state index contributed by atoms with van der Waals surface area (Å²) in [5.74, 6) is -0.664. The van der Waals surface area contributed by atoms with Crippen molar-refractivity contribution in [2.24, 2.45) is 0 Å². The lowest BCUT2D eigenvalue weighted by atomic mass is 10.1. The van der Waals surface area contributed by atoms with Crippen LogP contribution in [0.3, 0.4) is 0 Å². The number of hydrogen-bond donors (Lipinski definition) is 1. The molecular weight excluding hydrogens is 651 g/mol. The summed E-state index contributed by atoms with van der Waals surface area (Å²) < 4.78 is 40.2. The molecule has 13 heteroatoms. The number of thiophene rings is 1. The summed E-state index contributed by atoms with van der Waals surface area (Å²) in [6.07, 6.45) is 1.87. The molecule has 1 aliphatic rings. The van der Waals surface area contributed by atoms with Crippen molar-refractivity contribution in [2.45, 2.75) is 24.6 Å². The van der Waals surface area contributed by atoms with Gasteiger partial charge in [0.1, 0.15) is 6.61 Å². The summed E-state index contributed by atoms with van der Waals surface area (Å²) in [5, 5.41) is 3.92. The summed E-state index contributed by atoms with van der Waals surface area (Å²) in [4.78, 5) is 24.1. The number of carbonyl (C=O) groups is 2. The first-order valence-electron chi connectivity index (χ1n) is 11.9. The van der Waals surface area contributed by atoms with Crippen molar-refractivity contribution < 1.29 is 27.5 Å². The number of aldehydes is 1. The molecular formula is C26H25BrCl2N2O6S2. The van der Waals surface area contributed by atoms with E-state index in [2.05, 4.69) is 21.2 Å². The number of rotatable bonds is 10. The maximum Gasteiger partial charge on any atom is 0.351 e. The fraction of sp³-hybridized carbons (Fsp3) is 0.308. The van der Waals surface area contributed by atoms with E-state index in [1.807, 2.05) is 6.07 Å². The van der Waals surface area contributed by atoms with Crippen molar-refractivity contribution in [1.29, 1.82) is 0 Å². The lowest BCUT2D eigenvalue weighted by Gasteiger charge is -2.35. The molecule has 39 heavy (non-hydrogen) atoms. The van der Waals surface area contributed by atoms with Crippen LogP contribution in [0.15, 0.2) is 46.9 Å². The average Bonchev–Trinajstić information content (AvgIpc) is 3.25. The smallest absolute Gasteiger partial charge is 0.351 e. The van der Waals surface area contributed by atoms with E-state index in [1.165, 1.54) is 11.4 Å². The van der Waals surface area contributed by atoms with Gasteiger partial charge in [0.05, 0.1) is 37.9 Å². The predicted octanol–water partition coefficient (Wildman–Crippen LogP) is 5.94. The van der Waals surface area contributed by atoms with Crippen molar-refractivity contribution in [2.75, 3.05) is 31.1 Å². The third kappa shape index (κ3) is 6.78. The minimum Gasteiger partial charge on any atom is -0.483 e. The molecule has 1 saturated heterocycles. The highest BCUT2D eigenvalue weighted by atomic mass is 79.9. The molecule has 0 aliphatic carbocycles. The summed E-state index contributed by atoms with van der Waals surface area (Å²) >= 11 is 16.8. The summed E-state index contributed by atoms with van der Waals surface area (Å²) in [6, 6.07) is 11.7. The van der Waals surface area contributed by atoms with Crippen molar-refractivity contribution in [3.8, 4) is 16.2 Å². The van der Waals surface area contributed by atoms with Crippen LogP contribution in [0.2, 0.25) is 10.0 Å². The molecule has 0 amide bonds. The van der Waals surface area contributed by atoms with E-state index in [1.54, 1.807) is 36.4 Å². The molecule has 8 nitrogen and oxygen atoms in total. The third-order valence-electron chi connectivity index (χ3n) is 6.11. The SMILES string of the molecule is COC(=O)c1sc(-c2cccc(N(C3CCNCC3)S(=O)(=O)Cc3ccc(Cl)c(Cl)c3)c2)c(Br)c1OCC=O. The molecule has 0 saturated carbocycles. The minimum atomic E-state index is -3.84. The number of hydrogen-bond acceptors (Lipinski definition) is 8. The van der Waals surface area contributed by atoms with Gasteiger partial charge < -0.3 is 14.8 Å². The van der Waals surface area contributed by atoms with Crippen LogP contribution in [-0.2, 0) is 25.3 Å². The molecule has 0 bridgehead atoms. The van der Waals surface area contributed by atoms with Crippen LogP contribution in [-0.4, -0.2) is 53.5 Å². The molecule has 0 radical (unpaired) electrons. The highest BCUT2D eigenvalue weighted by Gasteiger charge is 2.32. The molecule has 0 spiro atoms. The van der Waals surface area contributed by atoms with Gasteiger partial charge in [-0.05, 0) is 77.3 Å². The van der Waals surface area contributed by atoms with Crippen LogP contribution in [0, 0.1) is 0 Å². The van der Waals surface area contributed by atoms with Gasteiger partial charge in [-0.3, -0.25) is 9.10 Å². The van der Waals surface area contributed by atoms with E-state index in [4.69, 9.17) is 32.7 Å². The highest BCUT2D eigenvalue weighted by molar-refractivity contribution is 9.10. The number of nitrogens with zero attached hydrogens (tertiary/aromatic N) is 1. The minimum absolute atomic E-state index is 0.189. The average molecular weight is 676 g/mol. The Labute approximate surface area is 249 Å². The molecule has 208 valence electrons. The number of carbonyl (C=O) groups excluding carboxylic acids is 2. The maximum absolute atomic E-state index is 13.9. The van der Waals surface area contributed by atoms with E-state index in [9.17, 15) is 18.0 Å². The van der Waals surface area contributed by atoms with Crippen LogP contribution in [0.4, 0.5) is 5.69 Å². The zero-order chi connectivity index (χ0) is 28.2. The Morgan fingerprint density at radius 3 is 2.59 bits per heavy atom. The first-order valence-corrected chi connectivity index (χ1v) is 15.9. The number of nitrogens with one attached hydrogen (secondary N) is 1. The third-order valence-corrected chi connectivity index (χ3v) is 10.9. The molecule has 0 unspecified atom stereocenters. The van der Waals surface area contributed by atoms with Gasteiger partial charge in [-0.2, -0.15) is 0 Å². The van der Waals surface area contributed by atoms with E-state index >= 15 is 0 Å². The number of methoxy groups -OCH3 is 1. The van der Waals surface area contributed by atoms with Gasteiger partial charge in [-0.25, -0.2) is 13.2 Å². The number of anilines is 1. The fourth-order valence-corrected chi connectivity index (χ4v) is 8.52. The lowest BCUT2D eigenvalue weighted by molar-refractivity contribution is -0.109. The molecule has 4 rings (SSSR count). The molecule has 1 fully saturated rings. The summed E-state index contributed by atoms with van der Waals surface area (Å²) in [5.41, 5.74) is 1.69. The highest BCUT2D eigenvalue weighted by Crippen LogP contribution is 2.46. The second kappa shape index (κ2) is 13.0. The number of benzene rings is 2. The van der Waals surface area contributed by atoms with Gasteiger partial charge in [-0.1, -0.05) is 41.4 Å². The topological polar surface area (TPSA) is 102 Å². The lowest BCUT2D eigenvalue weighted by Crippen LogP contribution is -2.46. The van der Waals surface area contributed by atoms with Crippen molar-refractivity contribution in [3.05, 3.63) is 67.4 Å². The van der Waals surface area contributed by atoms with Crippen molar-refractivity contribution in [3.63, 3.8) is 0 Å². The van der Waals surface area contributed by atoms with Gasteiger partial charge in [0, 0.05) is 6.04 Å². The van der Waals surface area contributed by atoms with Crippen LogP contribution >= 0.6 is 50.5 Å². The second-order valence-electron chi connectivity index (χ2n) is 8.70. The van der Waals surface area contributed by atoms with Crippen LogP contribution < -0.4 is 14.4 Å². The Balaban J connectivity index is 1.77. The number of sulfonamides is 1. The first kappa shape index (κ1) is 29.8. The molecule has 1 aromatic heterocycles. The summed E-state index contributed by atoms with van der Waals surface area (Å²) in [6.45, 7) is 1.15. The fourth-order valence-electron chi connectivity index (χ4n) is 4.39. The van der Waals surface area contributed by atoms with Crippen molar-refractivity contribution in [1.82, 2.24) is 5.32 Å². The molecule has 3 aromatic rings. The van der Waals surface area contributed by atoms with Gasteiger partial charge >= 0.3 is 5.97 Å². The quantitative estimate of drug-likeness (QED) is 0.210. The van der Waals surface area contributed by atoms with Crippen LogP contribution in [0.1, 0.15) is 28.1 Å². The second-order valence-corrected chi connectivity index (χ2v) is 13.2. The van der Waals surface area contributed by atoms with Crippen LogP contribution in [0.5, 0.6) is 5.75 Å². The largest absolute Gasteiger partial charge is 0.483 e. The first-order chi connectivity index (χ1) is 18.7. The maximum atomic E-state index is 13.9. The van der Waals surface area contributed by atoms with Gasteiger partial charge in [0.25, 0.3) is 0 Å². The van der Waals surface area contributed by atoms with Gasteiger partial charge in [-0.15, -0.1) is 11.3 Å². The van der Waals surface area contributed by atoms with Crippen LogP contribution in [0.25, 0.3) is 10.4 Å².